The molecule has 0 spiro atoms. The minimum atomic E-state index is -1.59. The highest BCUT2D eigenvalue weighted by Crippen LogP contribution is 2.23. The van der Waals surface area contributed by atoms with Gasteiger partial charge in [0.2, 0.25) is 5.91 Å². The van der Waals surface area contributed by atoms with Crippen LogP contribution >= 0.6 is 0 Å². The van der Waals surface area contributed by atoms with Crippen molar-refractivity contribution in [3.05, 3.63) is 36.5 Å². The van der Waals surface area contributed by atoms with E-state index in [2.05, 4.69) is 31.3 Å². The summed E-state index contributed by atoms with van der Waals surface area (Å²) < 4.78 is 16.7. The number of esters is 1. The summed E-state index contributed by atoms with van der Waals surface area (Å²) in [5.74, 6) is -0.300. The first-order chi connectivity index (χ1) is 33.2. The second-order valence-corrected chi connectivity index (χ2v) is 19.6. The average Bonchev–Trinajstić information content (AvgIpc) is 3.33. The number of amides is 1. The first-order valence-corrected chi connectivity index (χ1v) is 28.3. The van der Waals surface area contributed by atoms with Crippen LogP contribution in [-0.2, 0) is 23.8 Å². The van der Waals surface area contributed by atoms with Crippen LogP contribution in [0.25, 0.3) is 0 Å². The van der Waals surface area contributed by atoms with Crippen molar-refractivity contribution in [1.82, 2.24) is 5.32 Å². The van der Waals surface area contributed by atoms with Crippen molar-refractivity contribution in [2.24, 2.45) is 0 Å². The highest BCUT2D eigenvalue weighted by atomic mass is 16.7. The van der Waals surface area contributed by atoms with Crippen molar-refractivity contribution in [3.63, 3.8) is 0 Å². The first-order valence-electron chi connectivity index (χ1n) is 28.3. The Morgan fingerprint density at radius 1 is 0.544 bits per heavy atom. The molecule has 1 amide bonds. The number of aliphatic hydroxyl groups excluding tert-OH is 5. The van der Waals surface area contributed by atoms with E-state index in [0.29, 0.717) is 19.4 Å². The van der Waals surface area contributed by atoms with Crippen molar-refractivity contribution < 1.29 is 49.3 Å². The van der Waals surface area contributed by atoms with E-state index in [1.165, 1.54) is 148 Å². The van der Waals surface area contributed by atoms with Gasteiger partial charge in [-0.25, -0.2) is 0 Å². The smallest absolute Gasteiger partial charge is 0.305 e. The highest BCUT2D eigenvalue weighted by molar-refractivity contribution is 5.76. The summed E-state index contributed by atoms with van der Waals surface area (Å²) in [6.07, 6.45) is 46.6. The van der Waals surface area contributed by atoms with Gasteiger partial charge < -0.3 is 45.1 Å². The summed E-state index contributed by atoms with van der Waals surface area (Å²) in [5, 5.41) is 54.3. The fourth-order valence-corrected chi connectivity index (χ4v) is 8.72. The number of hydrogen-bond acceptors (Lipinski definition) is 10. The topological polar surface area (TPSA) is 175 Å². The van der Waals surface area contributed by atoms with Crippen molar-refractivity contribution in [2.75, 3.05) is 19.8 Å². The van der Waals surface area contributed by atoms with Crippen LogP contribution in [0, 0.1) is 0 Å². The fraction of sp³-hybridized carbons (Fsp3) is 0.860. The number of ether oxygens (including phenoxy) is 3. The Kier molecular flexibility index (Phi) is 44.4. The van der Waals surface area contributed by atoms with E-state index in [9.17, 15) is 35.1 Å². The van der Waals surface area contributed by atoms with Crippen molar-refractivity contribution in [3.8, 4) is 0 Å². The van der Waals surface area contributed by atoms with Gasteiger partial charge in [-0.2, -0.15) is 0 Å². The van der Waals surface area contributed by atoms with Gasteiger partial charge in [-0.3, -0.25) is 9.59 Å². The number of unbranched alkanes of at least 4 members (excludes halogenated alkanes) is 30. The van der Waals surface area contributed by atoms with Gasteiger partial charge in [-0.1, -0.05) is 224 Å². The molecule has 1 rings (SSSR count). The molecule has 1 heterocycles. The largest absolute Gasteiger partial charge is 0.466 e. The lowest BCUT2D eigenvalue weighted by Gasteiger charge is -2.40. The lowest BCUT2D eigenvalue weighted by atomic mass is 9.99. The Labute approximate surface area is 415 Å². The van der Waals surface area contributed by atoms with Crippen LogP contribution in [0.15, 0.2) is 36.5 Å². The van der Waals surface area contributed by atoms with Gasteiger partial charge in [0.1, 0.15) is 24.4 Å². The lowest BCUT2D eigenvalue weighted by molar-refractivity contribution is -0.302. The first kappa shape index (κ1) is 63.9. The van der Waals surface area contributed by atoms with Gasteiger partial charge in [0.05, 0.1) is 32.0 Å². The van der Waals surface area contributed by atoms with Crippen molar-refractivity contribution in [1.29, 1.82) is 0 Å². The molecule has 0 aromatic rings. The normalized spacial score (nSPS) is 19.7. The summed E-state index contributed by atoms with van der Waals surface area (Å²) in [6.45, 7) is 4.25. The summed E-state index contributed by atoms with van der Waals surface area (Å²) >= 11 is 0. The zero-order valence-electron chi connectivity index (χ0n) is 43.6. The maximum Gasteiger partial charge on any atom is 0.305 e. The van der Waals surface area contributed by atoms with Crippen LogP contribution in [0.1, 0.15) is 251 Å². The lowest BCUT2D eigenvalue weighted by Crippen LogP contribution is -2.60. The molecule has 1 fully saturated rings. The zero-order valence-corrected chi connectivity index (χ0v) is 43.6. The van der Waals surface area contributed by atoms with E-state index in [0.717, 1.165) is 70.6 Å². The predicted octanol–water partition coefficient (Wildman–Crippen LogP) is 12.3. The molecule has 7 atom stereocenters. The molecule has 1 aliphatic rings. The van der Waals surface area contributed by atoms with Gasteiger partial charge in [-0.15, -0.1) is 0 Å². The number of carbonyl (C=O) groups is 2. The Hall–Kier alpha value is -2.12. The Balaban J connectivity index is 2.24. The van der Waals surface area contributed by atoms with Crippen molar-refractivity contribution >= 4 is 11.9 Å². The molecule has 0 saturated carbocycles. The van der Waals surface area contributed by atoms with Crippen LogP contribution in [0.3, 0.4) is 0 Å². The molecule has 11 nitrogen and oxygen atoms in total. The maximum absolute atomic E-state index is 13.0. The molecule has 398 valence electrons. The molecule has 0 aromatic carbocycles. The van der Waals surface area contributed by atoms with Crippen molar-refractivity contribution in [2.45, 2.75) is 294 Å². The Morgan fingerprint density at radius 3 is 1.51 bits per heavy atom. The summed E-state index contributed by atoms with van der Waals surface area (Å²) in [4.78, 5) is 25.0. The molecule has 1 saturated heterocycles. The van der Waals surface area contributed by atoms with Crippen LogP contribution in [0.2, 0.25) is 0 Å². The second kappa shape index (κ2) is 47.2. The summed E-state index contributed by atoms with van der Waals surface area (Å²) in [5.41, 5.74) is 0. The van der Waals surface area contributed by atoms with Crippen LogP contribution in [-0.4, -0.2) is 100 Å². The molecule has 0 aromatic heterocycles. The molecule has 0 radical (unpaired) electrons. The second-order valence-electron chi connectivity index (χ2n) is 19.6. The van der Waals surface area contributed by atoms with Gasteiger partial charge in [0, 0.05) is 12.8 Å². The fourth-order valence-electron chi connectivity index (χ4n) is 8.72. The van der Waals surface area contributed by atoms with E-state index < -0.39 is 49.5 Å². The number of hydrogen-bond donors (Lipinski definition) is 6. The zero-order chi connectivity index (χ0) is 49.6. The van der Waals surface area contributed by atoms with E-state index in [4.69, 9.17) is 14.2 Å². The monoisotopic (exact) mass is 964 g/mol. The molecule has 68 heavy (non-hydrogen) atoms. The van der Waals surface area contributed by atoms with E-state index in [1.54, 1.807) is 6.08 Å². The predicted molar refractivity (Wildman–Crippen MR) is 278 cm³/mol. The molecular weight excluding hydrogens is 859 g/mol. The van der Waals surface area contributed by atoms with Gasteiger partial charge >= 0.3 is 5.97 Å². The van der Waals surface area contributed by atoms with Crippen LogP contribution < -0.4 is 5.32 Å². The molecule has 0 bridgehead atoms. The van der Waals surface area contributed by atoms with Gasteiger partial charge in [0.25, 0.3) is 0 Å². The minimum absolute atomic E-state index is 0.0387. The number of nitrogens with one attached hydrogen (secondary N) is 1. The van der Waals surface area contributed by atoms with Crippen LogP contribution in [0.4, 0.5) is 0 Å². The van der Waals surface area contributed by atoms with Gasteiger partial charge in [-0.05, 0) is 51.4 Å². The Bertz CT molecular complexity index is 1230. The van der Waals surface area contributed by atoms with Crippen LogP contribution in [0.5, 0.6) is 0 Å². The minimum Gasteiger partial charge on any atom is -0.466 e. The molecule has 6 N–H and O–H groups in total. The number of carbonyl (C=O) groups excluding carboxylic acids is 2. The summed E-state index contributed by atoms with van der Waals surface area (Å²) in [6, 6.07) is -0.854. The van der Waals surface area contributed by atoms with E-state index in [-0.39, 0.29) is 24.9 Å². The third-order valence-corrected chi connectivity index (χ3v) is 13.3. The average molecular weight is 964 g/mol. The Morgan fingerprint density at radius 2 is 1.00 bits per heavy atom. The third kappa shape index (κ3) is 36.8. The van der Waals surface area contributed by atoms with E-state index in [1.807, 2.05) is 18.2 Å². The number of rotatable bonds is 48. The van der Waals surface area contributed by atoms with E-state index >= 15 is 0 Å². The quantitative estimate of drug-likeness (QED) is 0.0196. The maximum atomic E-state index is 13.0. The molecular formula is C57H105NO10. The molecule has 11 heteroatoms. The highest BCUT2D eigenvalue weighted by Gasteiger charge is 2.44. The SMILES string of the molecule is CCCCCCCCCCCCCCC/C=C/C(O)C(COC1OC(CO)C(O)C(O)C1O)NC(=O)CC/C=C\C/C=C\CCCCCCCCOC(=O)CCCCCCCCCCCCCC. The molecule has 1 aliphatic heterocycles. The van der Waals surface area contributed by atoms with Gasteiger partial charge in [0.15, 0.2) is 6.29 Å². The molecule has 0 aliphatic carbocycles. The number of aliphatic hydroxyl groups is 5. The number of allylic oxidation sites excluding steroid dienone is 5. The third-order valence-electron chi connectivity index (χ3n) is 13.3. The summed E-state index contributed by atoms with van der Waals surface area (Å²) in [7, 11) is 0. The molecule has 7 unspecified atom stereocenters. The standard InChI is InChI=1S/C57H105NO10/c1-3-5-7-9-11-13-15-17-18-20-23-27-31-35-39-43-50(60)49(48-67-57-56(65)55(64)54(63)51(47-59)68-57)58-52(61)44-40-36-32-28-24-21-19-22-26-30-34-38-42-46-66-53(62)45-41-37-33-29-25-16-14-12-10-8-6-4-2/h21,24,32,36,39,43,49-51,54-57,59-60,63-65H,3-20,22-23,25-31,33-35,37-38,40-42,44-48H2,1-2H3,(H,58,61)/b24-21-,36-32-,43-39+.